The van der Waals surface area contributed by atoms with E-state index in [9.17, 15) is 9.18 Å². The van der Waals surface area contributed by atoms with Crippen LogP contribution in [0.4, 0.5) is 15.8 Å². The molecule has 2 aromatic rings. The summed E-state index contributed by atoms with van der Waals surface area (Å²) >= 11 is 0. The number of hydrogen-bond donors (Lipinski definition) is 2. The molecule has 0 saturated carbocycles. The van der Waals surface area contributed by atoms with E-state index in [1.54, 1.807) is 18.3 Å². The Hall–Kier alpha value is -3.87. The molecule has 2 aliphatic heterocycles. The highest BCUT2D eigenvalue weighted by Gasteiger charge is 2.46. The third kappa shape index (κ3) is 5.67. The summed E-state index contributed by atoms with van der Waals surface area (Å²) in [5.41, 5.74) is 7.21. The maximum absolute atomic E-state index is 13.5. The normalized spacial score (nSPS) is 21.1. The zero-order valence-electron chi connectivity index (χ0n) is 23.0. The van der Waals surface area contributed by atoms with Crippen LogP contribution in [0.1, 0.15) is 57.6 Å². The van der Waals surface area contributed by atoms with Crippen molar-refractivity contribution >= 4 is 23.1 Å². The molecule has 2 N–H and O–H groups in total. The van der Waals surface area contributed by atoms with Crippen molar-refractivity contribution in [3.8, 4) is 0 Å². The van der Waals surface area contributed by atoms with Gasteiger partial charge in [-0.2, -0.15) is 0 Å². The quantitative estimate of drug-likeness (QED) is 0.424. The molecule has 0 radical (unpaired) electrons. The predicted octanol–water partition coefficient (Wildman–Crippen LogP) is 6.45. The van der Waals surface area contributed by atoms with E-state index >= 15 is 0 Å². The number of amidine groups is 1. The van der Waals surface area contributed by atoms with Crippen molar-refractivity contribution in [1.29, 1.82) is 0 Å². The number of aliphatic imine (C=N–C) groups is 1. The van der Waals surface area contributed by atoms with Gasteiger partial charge in [-0.15, -0.1) is 0 Å². The highest BCUT2D eigenvalue weighted by Crippen LogP contribution is 2.37. The second-order valence-electron chi connectivity index (χ2n) is 10.2. The van der Waals surface area contributed by atoms with E-state index in [0.717, 1.165) is 59.0 Å². The molecule has 2 heterocycles. The van der Waals surface area contributed by atoms with Crippen LogP contribution in [0, 0.1) is 12.7 Å². The highest BCUT2D eigenvalue weighted by molar-refractivity contribution is 6.08. The molecule has 2 saturated heterocycles. The minimum absolute atomic E-state index is 0.0129. The van der Waals surface area contributed by atoms with Gasteiger partial charge in [-0.3, -0.25) is 4.79 Å². The summed E-state index contributed by atoms with van der Waals surface area (Å²) in [6, 6.07) is 12.3. The van der Waals surface area contributed by atoms with E-state index in [2.05, 4.69) is 68.1 Å². The average Bonchev–Trinajstić information content (AvgIpc) is 3.34. The van der Waals surface area contributed by atoms with E-state index in [0.29, 0.717) is 6.67 Å². The Kier molecular flexibility index (Phi) is 8.35. The number of nitrogens with zero attached hydrogens (tertiary/aromatic N) is 3. The fourth-order valence-corrected chi connectivity index (χ4v) is 5.21. The van der Waals surface area contributed by atoms with Crippen LogP contribution in [0.15, 0.2) is 83.3 Å². The first-order valence-corrected chi connectivity index (χ1v) is 13.2. The van der Waals surface area contributed by atoms with Crippen LogP contribution in [0.25, 0.3) is 0 Å². The number of halogens is 1. The molecular formula is C31H38FN5O. The lowest BCUT2D eigenvalue weighted by Crippen LogP contribution is -2.56. The second kappa shape index (κ2) is 11.7. The van der Waals surface area contributed by atoms with Gasteiger partial charge in [0, 0.05) is 36.2 Å². The molecular weight excluding hydrogens is 477 g/mol. The van der Waals surface area contributed by atoms with Gasteiger partial charge in [-0.25, -0.2) is 9.38 Å². The number of anilines is 2. The molecule has 2 aliphatic rings. The third-order valence-electron chi connectivity index (χ3n) is 7.25. The van der Waals surface area contributed by atoms with Crippen LogP contribution >= 0.6 is 0 Å². The van der Waals surface area contributed by atoms with Gasteiger partial charge in [0.05, 0.1) is 5.70 Å². The van der Waals surface area contributed by atoms with E-state index in [4.69, 9.17) is 4.99 Å². The number of carbonyl (C=O) groups is 1. The molecule has 6 nitrogen and oxygen atoms in total. The summed E-state index contributed by atoms with van der Waals surface area (Å²) in [6.07, 6.45) is 5.48. The lowest BCUT2D eigenvalue weighted by atomic mass is 9.90. The number of nitrogens with one attached hydrogen (secondary N) is 2. The van der Waals surface area contributed by atoms with Gasteiger partial charge in [0.15, 0.2) is 0 Å². The van der Waals surface area contributed by atoms with Crippen molar-refractivity contribution in [2.24, 2.45) is 4.99 Å². The first-order chi connectivity index (χ1) is 18.2. The third-order valence-corrected chi connectivity index (χ3v) is 7.25. The van der Waals surface area contributed by atoms with Crippen molar-refractivity contribution in [1.82, 2.24) is 10.2 Å². The van der Waals surface area contributed by atoms with Gasteiger partial charge < -0.3 is 20.4 Å². The molecule has 2 aromatic carbocycles. The van der Waals surface area contributed by atoms with Gasteiger partial charge in [0.2, 0.25) is 5.91 Å². The Morgan fingerprint density at radius 3 is 2.61 bits per heavy atom. The lowest BCUT2D eigenvalue weighted by Gasteiger charge is -2.37. The number of amides is 1. The molecule has 2 fully saturated rings. The summed E-state index contributed by atoms with van der Waals surface area (Å²) < 4.78 is 13.5. The number of hydrogen-bond acceptors (Lipinski definition) is 4. The largest absolute Gasteiger partial charge is 0.366 e. The Morgan fingerprint density at radius 2 is 1.97 bits per heavy atom. The molecule has 200 valence electrons. The van der Waals surface area contributed by atoms with E-state index in [-0.39, 0.29) is 23.7 Å². The van der Waals surface area contributed by atoms with Crippen molar-refractivity contribution in [3.63, 3.8) is 0 Å². The Balaban J connectivity index is 1.57. The monoisotopic (exact) mass is 515 g/mol. The summed E-state index contributed by atoms with van der Waals surface area (Å²) in [7, 11) is 0. The Labute approximate surface area is 225 Å². The number of allylic oxidation sites excluding steroid dienone is 2. The number of benzene rings is 2. The molecule has 2 atom stereocenters. The maximum atomic E-state index is 13.5. The van der Waals surface area contributed by atoms with Gasteiger partial charge in [0.1, 0.15) is 24.4 Å². The SMILES string of the molecule is C=CN(C=C(C)C)c1ccc(NCN=C2/C(=C(\C)CC)NC(=O)C3C(c4ccc(F)cc4)CCN23)cc1C. The summed E-state index contributed by atoms with van der Waals surface area (Å²) in [5.74, 6) is 0.494. The number of carbonyl (C=O) groups excluding carboxylic acids is 1. The fraction of sp³-hybridized carbons (Fsp3) is 0.355. The van der Waals surface area contributed by atoms with E-state index in [1.165, 1.54) is 17.7 Å². The van der Waals surface area contributed by atoms with E-state index in [1.807, 2.05) is 17.9 Å². The molecule has 0 aromatic heterocycles. The molecule has 0 aliphatic carbocycles. The molecule has 4 rings (SSSR count). The summed E-state index contributed by atoms with van der Waals surface area (Å²) in [6.45, 7) is 15.3. The molecule has 38 heavy (non-hydrogen) atoms. The molecule has 2 unspecified atom stereocenters. The van der Waals surface area contributed by atoms with Crippen LogP contribution in [-0.2, 0) is 4.79 Å². The minimum Gasteiger partial charge on any atom is -0.366 e. The van der Waals surface area contributed by atoms with Crippen LogP contribution in [-0.4, -0.2) is 35.9 Å². The van der Waals surface area contributed by atoms with Gasteiger partial charge in [-0.1, -0.05) is 31.2 Å². The van der Waals surface area contributed by atoms with Crippen LogP contribution in [0.5, 0.6) is 0 Å². The Morgan fingerprint density at radius 1 is 1.24 bits per heavy atom. The zero-order valence-corrected chi connectivity index (χ0v) is 23.0. The van der Waals surface area contributed by atoms with Crippen LogP contribution in [0.3, 0.4) is 0 Å². The maximum Gasteiger partial charge on any atom is 0.247 e. The van der Waals surface area contributed by atoms with Gasteiger partial charge in [0.25, 0.3) is 0 Å². The number of piperazine rings is 1. The number of fused-ring (bicyclic) bond motifs is 1. The Bertz CT molecular complexity index is 1290. The minimum atomic E-state index is -0.367. The number of rotatable bonds is 8. The van der Waals surface area contributed by atoms with Crippen molar-refractivity contribution in [3.05, 3.63) is 95.2 Å². The predicted molar refractivity (Wildman–Crippen MR) is 155 cm³/mol. The molecule has 7 heteroatoms. The van der Waals surface area contributed by atoms with E-state index < -0.39 is 0 Å². The standard InChI is InChI=1S/C31H38FN5O/c1-7-21(5)28-30(34-19-33-25-13-14-27(22(6)17-25)36(8-2)18-20(3)4)37-16-15-26(29(37)31(38)35-28)23-9-11-24(32)12-10-23/h8-14,17-18,26,29,33H,2,7,15-16,19H2,1,3-6H3,(H,35,38)/b28-21-,34-30?. The first kappa shape index (κ1) is 27.2. The highest BCUT2D eigenvalue weighted by atomic mass is 19.1. The fourth-order valence-electron chi connectivity index (χ4n) is 5.21. The van der Waals surface area contributed by atoms with Gasteiger partial charge in [-0.05, 0) is 87.6 Å². The number of aryl methyl sites for hydroxylation is 1. The lowest BCUT2D eigenvalue weighted by molar-refractivity contribution is -0.124. The molecule has 1 amide bonds. The smallest absolute Gasteiger partial charge is 0.247 e. The summed E-state index contributed by atoms with van der Waals surface area (Å²) in [4.78, 5) is 22.4. The molecule has 0 spiro atoms. The van der Waals surface area contributed by atoms with Crippen molar-refractivity contribution < 1.29 is 9.18 Å². The topological polar surface area (TPSA) is 60.0 Å². The van der Waals surface area contributed by atoms with Crippen LogP contribution in [0.2, 0.25) is 0 Å². The summed E-state index contributed by atoms with van der Waals surface area (Å²) in [5, 5.41) is 6.57. The van der Waals surface area contributed by atoms with Crippen LogP contribution < -0.4 is 15.5 Å². The second-order valence-corrected chi connectivity index (χ2v) is 10.2. The van der Waals surface area contributed by atoms with Crippen molar-refractivity contribution in [2.45, 2.75) is 59.4 Å². The zero-order chi connectivity index (χ0) is 27.4. The van der Waals surface area contributed by atoms with Gasteiger partial charge >= 0.3 is 0 Å². The molecule has 0 bridgehead atoms. The van der Waals surface area contributed by atoms with Crippen molar-refractivity contribution in [2.75, 3.05) is 23.4 Å². The average molecular weight is 516 g/mol. The first-order valence-electron chi connectivity index (χ1n) is 13.2.